The van der Waals surface area contributed by atoms with Crippen molar-refractivity contribution in [1.29, 1.82) is 0 Å². The van der Waals surface area contributed by atoms with Gasteiger partial charge in [-0.1, -0.05) is 12.5 Å². The van der Waals surface area contributed by atoms with Crippen LogP contribution in [0.2, 0.25) is 0 Å². The van der Waals surface area contributed by atoms with Gasteiger partial charge in [-0.3, -0.25) is 9.48 Å². The summed E-state index contributed by atoms with van der Waals surface area (Å²) >= 11 is 1.66. The lowest BCUT2D eigenvalue weighted by Crippen LogP contribution is -2.43. The zero-order chi connectivity index (χ0) is 17.1. The highest BCUT2D eigenvalue weighted by molar-refractivity contribution is 7.10. The number of carbonyl (C=O) groups excluding carboxylic acids is 1. The van der Waals surface area contributed by atoms with E-state index in [0.717, 1.165) is 30.1 Å². The standard InChI is InChI=1S/C19H26N4OS/c24-19(13-18-5-4-12-25-18)22-14-16-6-8-20-23(16)17(15-22)7-11-21-9-2-1-3-10-21/h4-6,8,12,17H,1-3,7,9-11,13-15H2. The van der Waals surface area contributed by atoms with Gasteiger partial charge in [0.2, 0.25) is 5.91 Å². The molecule has 5 nitrogen and oxygen atoms in total. The average Bonchev–Trinajstić information content (AvgIpc) is 3.31. The van der Waals surface area contributed by atoms with Crippen LogP contribution in [-0.2, 0) is 17.8 Å². The number of hydrogen-bond donors (Lipinski definition) is 0. The van der Waals surface area contributed by atoms with E-state index in [4.69, 9.17) is 0 Å². The molecule has 0 radical (unpaired) electrons. The maximum atomic E-state index is 12.7. The molecule has 2 aliphatic rings. The highest BCUT2D eigenvalue weighted by Gasteiger charge is 2.28. The smallest absolute Gasteiger partial charge is 0.228 e. The molecule has 0 aromatic carbocycles. The average molecular weight is 359 g/mol. The molecule has 2 aromatic heterocycles. The van der Waals surface area contributed by atoms with Crippen molar-refractivity contribution in [3.05, 3.63) is 40.3 Å². The molecule has 0 saturated carbocycles. The van der Waals surface area contributed by atoms with Crippen LogP contribution in [0.25, 0.3) is 0 Å². The Morgan fingerprint density at radius 2 is 2.12 bits per heavy atom. The van der Waals surface area contributed by atoms with Crippen LogP contribution in [0.4, 0.5) is 0 Å². The maximum absolute atomic E-state index is 12.7. The first-order valence-corrected chi connectivity index (χ1v) is 10.2. The van der Waals surface area contributed by atoms with Crippen molar-refractivity contribution in [2.75, 3.05) is 26.2 Å². The molecule has 0 aliphatic carbocycles. The van der Waals surface area contributed by atoms with Crippen LogP contribution in [-0.4, -0.2) is 51.7 Å². The number of rotatable bonds is 5. The lowest BCUT2D eigenvalue weighted by atomic mass is 10.1. The molecule has 134 valence electrons. The zero-order valence-electron chi connectivity index (χ0n) is 14.6. The molecule has 2 aromatic rings. The minimum atomic E-state index is 0.234. The van der Waals surface area contributed by atoms with Crippen molar-refractivity contribution in [3.63, 3.8) is 0 Å². The summed E-state index contributed by atoms with van der Waals surface area (Å²) in [6.45, 7) is 5.02. The molecule has 1 unspecified atom stereocenters. The molecular weight excluding hydrogens is 332 g/mol. The van der Waals surface area contributed by atoms with Gasteiger partial charge in [-0.2, -0.15) is 5.10 Å². The van der Waals surface area contributed by atoms with E-state index in [9.17, 15) is 4.79 Å². The van der Waals surface area contributed by atoms with Gasteiger partial charge in [0.05, 0.1) is 24.7 Å². The number of nitrogens with zero attached hydrogens (tertiary/aromatic N) is 4. The second-order valence-corrected chi connectivity index (χ2v) is 8.17. The highest BCUT2D eigenvalue weighted by Crippen LogP contribution is 2.25. The van der Waals surface area contributed by atoms with Gasteiger partial charge in [0.25, 0.3) is 0 Å². The van der Waals surface area contributed by atoms with Gasteiger partial charge in [-0.15, -0.1) is 11.3 Å². The van der Waals surface area contributed by atoms with E-state index < -0.39 is 0 Å². The van der Waals surface area contributed by atoms with Gasteiger partial charge < -0.3 is 9.80 Å². The Labute approximate surface area is 153 Å². The fraction of sp³-hybridized carbons (Fsp3) is 0.579. The number of likely N-dealkylation sites (tertiary alicyclic amines) is 1. The van der Waals surface area contributed by atoms with Gasteiger partial charge in [0, 0.05) is 24.2 Å². The number of fused-ring (bicyclic) bond motifs is 1. The van der Waals surface area contributed by atoms with Crippen LogP contribution < -0.4 is 0 Å². The molecule has 0 bridgehead atoms. The molecule has 25 heavy (non-hydrogen) atoms. The third-order valence-corrected chi connectivity index (χ3v) is 6.24. The number of aromatic nitrogens is 2. The van der Waals surface area contributed by atoms with Crippen molar-refractivity contribution in [3.8, 4) is 0 Å². The van der Waals surface area contributed by atoms with Crippen LogP contribution >= 0.6 is 11.3 Å². The van der Waals surface area contributed by atoms with Crippen LogP contribution in [0.15, 0.2) is 29.8 Å². The lowest BCUT2D eigenvalue weighted by Gasteiger charge is -2.35. The van der Waals surface area contributed by atoms with E-state index in [1.165, 1.54) is 32.4 Å². The monoisotopic (exact) mass is 358 g/mol. The highest BCUT2D eigenvalue weighted by atomic mass is 32.1. The third-order valence-electron chi connectivity index (χ3n) is 5.37. The van der Waals surface area contributed by atoms with E-state index in [1.807, 2.05) is 28.6 Å². The summed E-state index contributed by atoms with van der Waals surface area (Å²) in [5.41, 5.74) is 1.16. The first-order chi connectivity index (χ1) is 12.3. The minimum Gasteiger partial charge on any atom is -0.334 e. The van der Waals surface area contributed by atoms with E-state index >= 15 is 0 Å². The summed E-state index contributed by atoms with van der Waals surface area (Å²) in [6, 6.07) is 6.41. The Bertz CT molecular complexity index is 690. The van der Waals surface area contributed by atoms with Crippen molar-refractivity contribution in [2.45, 2.75) is 44.7 Å². The molecule has 1 atom stereocenters. The van der Waals surface area contributed by atoms with Crippen molar-refractivity contribution in [2.24, 2.45) is 0 Å². The summed E-state index contributed by atoms with van der Waals surface area (Å²) in [6.07, 6.45) is 7.47. The largest absolute Gasteiger partial charge is 0.334 e. The Hall–Kier alpha value is -1.66. The van der Waals surface area contributed by atoms with E-state index in [-0.39, 0.29) is 5.91 Å². The first kappa shape index (κ1) is 16.8. The predicted molar refractivity (Wildman–Crippen MR) is 99.6 cm³/mol. The normalized spacial score (nSPS) is 21.3. The quantitative estimate of drug-likeness (QED) is 0.825. The zero-order valence-corrected chi connectivity index (χ0v) is 15.5. The Balaban J connectivity index is 1.41. The fourth-order valence-corrected chi connectivity index (χ4v) is 4.68. The van der Waals surface area contributed by atoms with Crippen LogP contribution in [0.3, 0.4) is 0 Å². The first-order valence-electron chi connectivity index (χ1n) is 9.34. The topological polar surface area (TPSA) is 41.4 Å². The summed E-state index contributed by atoms with van der Waals surface area (Å²) in [5.74, 6) is 0.234. The van der Waals surface area contributed by atoms with Gasteiger partial charge in [-0.25, -0.2) is 0 Å². The minimum absolute atomic E-state index is 0.234. The van der Waals surface area contributed by atoms with Gasteiger partial charge in [-0.05, 0) is 49.9 Å². The molecule has 4 heterocycles. The van der Waals surface area contributed by atoms with Gasteiger partial charge in [0.1, 0.15) is 0 Å². The number of amides is 1. The predicted octanol–water partition coefficient (Wildman–Crippen LogP) is 2.95. The molecule has 0 spiro atoms. The Kier molecular flexibility index (Phi) is 5.17. The van der Waals surface area contributed by atoms with Gasteiger partial charge in [0.15, 0.2) is 0 Å². The summed E-state index contributed by atoms with van der Waals surface area (Å²) < 4.78 is 2.15. The summed E-state index contributed by atoms with van der Waals surface area (Å²) in [7, 11) is 0. The Morgan fingerprint density at radius 3 is 2.92 bits per heavy atom. The third kappa shape index (κ3) is 3.96. The number of piperidine rings is 1. The number of thiophene rings is 1. The lowest BCUT2D eigenvalue weighted by molar-refractivity contribution is -0.132. The molecule has 0 N–H and O–H groups in total. The second kappa shape index (κ2) is 7.70. The SMILES string of the molecule is O=C(Cc1cccs1)N1Cc2ccnn2C(CCN2CCCCC2)C1. The molecular formula is C19H26N4OS. The van der Waals surface area contributed by atoms with E-state index in [0.29, 0.717) is 19.0 Å². The maximum Gasteiger partial charge on any atom is 0.228 e. The second-order valence-electron chi connectivity index (χ2n) is 7.14. The number of carbonyl (C=O) groups is 1. The molecule has 1 amide bonds. The summed E-state index contributed by atoms with van der Waals surface area (Å²) in [5, 5.41) is 6.57. The summed E-state index contributed by atoms with van der Waals surface area (Å²) in [4.78, 5) is 18.5. The fourth-order valence-electron chi connectivity index (χ4n) is 3.98. The molecule has 1 fully saturated rings. The molecule has 6 heteroatoms. The van der Waals surface area contributed by atoms with Crippen molar-refractivity contribution < 1.29 is 4.79 Å². The van der Waals surface area contributed by atoms with Crippen LogP contribution in [0.5, 0.6) is 0 Å². The van der Waals surface area contributed by atoms with Crippen molar-refractivity contribution in [1.82, 2.24) is 19.6 Å². The molecule has 2 aliphatic heterocycles. The van der Waals surface area contributed by atoms with Crippen LogP contribution in [0, 0.1) is 0 Å². The van der Waals surface area contributed by atoms with Gasteiger partial charge >= 0.3 is 0 Å². The van der Waals surface area contributed by atoms with Crippen LogP contribution in [0.1, 0.15) is 42.3 Å². The van der Waals surface area contributed by atoms with E-state index in [2.05, 4.69) is 20.7 Å². The molecule has 4 rings (SSSR count). The number of hydrogen-bond acceptors (Lipinski definition) is 4. The molecule has 1 saturated heterocycles. The van der Waals surface area contributed by atoms with Crippen molar-refractivity contribution >= 4 is 17.2 Å². The van der Waals surface area contributed by atoms with E-state index in [1.54, 1.807) is 11.3 Å². The Morgan fingerprint density at radius 1 is 1.24 bits per heavy atom.